The summed E-state index contributed by atoms with van der Waals surface area (Å²) in [5.74, 6) is -3.70. The van der Waals surface area contributed by atoms with E-state index in [1.807, 2.05) is 6.07 Å². The standard InChI is InChI=1S/C21H17F2N5O4/c22-21(23)7-5-20(6-8-21)18(30)28(19(31)27-20)12-16(29)13-1-3-14(4-2-13)32-17-15(11-24)25-9-10-26-17/h1-4,9-10H,5-8,12H2,(H,27,31). The predicted octanol–water partition coefficient (Wildman–Crippen LogP) is 2.82. The molecule has 1 aromatic heterocycles. The highest BCUT2D eigenvalue weighted by molar-refractivity contribution is 6.11. The topological polar surface area (TPSA) is 125 Å². The first-order valence-corrected chi connectivity index (χ1v) is 9.77. The van der Waals surface area contributed by atoms with Gasteiger partial charge in [-0.3, -0.25) is 14.5 Å². The number of carbonyl (C=O) groups is 3. The molecule has 1 saturated carbocycles. The fourth-order valence-electron chi connectivity index (χ4n) is 3.73. The van der Waals surface area contributed by atoms with Crippen LogP contribution in [0, 0.1) is 11.3 Å². The molecule has 1 N–H and O–H groups in total. The molecule has 4 rings (SSSR count). The molecule has 1 aliphatic heterocycles. The molecule has 1 aliphatic carbocycles. The van der Waals surface area contributed by atoms with E-state index in [0.29, 0.717) is 5.75 Å². The molecule has 1 spiro atoms. The Labute approximate surface area is 181 Å². The number of amides is 3. The summed E-state index contributed by atoms with van der Waals surface area (Å²) in [6, 6.07) is 6.91. The SMILES string of the molecule is N#Cc1nccnc1Oc1ccc(C(=O)CN2C(=O)NC3(CCC(F)(F)CC3)C2=O)cc1. The quantitative estimate of drug-likeness (QED) is 0.559. The maximum Gasteiger partial charge on any atom is 0.325 e. The Morgan fingerprint density at radius 1 is 1.12 bits per heavy atom. The van der Waals surface area contributed by atoms with Gasteiger partial charge in [0.05, 0.1) is 6.54 Å². The second-order valence-electron chi connectivity index (χ2n) is 7.63. The van der Waals surface area contributed by atoms with Crippen LogP contribution in [-0.2, 0) is 4.79 Å². The van der Waals surface area contributed by atoms with E-state index in [1.54, 1.807) is 0 Å². The maximum atomic E-state index is 13.5. The van der Waals surface area contributed by atoms with Crippen molar-refractivity contribution in [2.75, 3.05) is 6.54 Å². The summed E-state index contributed by atoms with van der Waals surface area (Å²) in [6.07, 6.45) is 1.38. The number of nitrogens with one attached hydrogen (secondary N) is 1. The number of Topliss-reactive ketones (excluding diaryl/α,β-unsaturated/α-hetero) is 1. The molecule has 2 fully saturated rings. The third kappa shape index (κ3) is 3.99. The number of alkyl halides is 2. The van der Waals surface area contributed by atoms with Crippen molar-refractivity contribution in [1.29, 1.82) is 5.26 Å². The number of benzene rings is 1. The molecular formula is C21H17F2N5O4. The molecule has 2 aliphatic rings. The normalized spacial score (nSPS) is 18.8. The van der Waals surface area contributed by atoms with Gasteiger partial charge in [-0.1, -0.05) is 0 Å². The lowest BCUT2D eigenvalue weighted by atomic mass is 9.80. The molecule has 2 aromatic rings. The Morgan fingerprint density at radius 2 is 1.78 bits per heavy atom. The number of carbonyl (C=O) groups excluding carboxylic acids is 3. The van der Waals surface area contributed by atoms with E-state index in [-0.39, 0.29) is 30.0 Å². The Kier molecular flexibility index (Phi) is 5.30. The van der Waals surface area contributed by atoms with Gasteiger partial charge in [0.15, 0.2) is 5.78 Å². The highest BCUT2D eigenvalue weighted by Gasteiger charge is 2.55. The van der Waals surface area contributed by atoms with E-state index >= 15 is 0 Å². The number of urea groups is 1. The average Bonchev–Trinajstić information content (AvgIpc) is 3.01. The van der Waals surface area contributed by atoms with Gasteiger partial charge >= 0.3 is 6.03 Å². The molecule has 0 atom stereocenters. The Morgan fingerprint density at radius 3 is 2.44 bits per heavy atom. The lowest BCUT2D eigenvalue weighted by Crippen LogP contribution is -2.51. The van der Waals surface area contributed by atoms with Crippen LogP contribution in [0.15, 0.2) is 36.7 Å². The van der Waals surface area contributed by atoms with Gasteiger partial charge in [0.2, 0.25) is 11.6 Å². The molecule has 1 saturated heterocycles. The largest absolute Gasteiger partial charge is 0.437 e. The van der Waals surface area contributed by atoms with Crippen molar-refractivity contribution in [3.8, 4) is 17.7 Å². The number of nitriles is 1. The summed E-state index contributed by atoms with van der Waals surface area (Å²) in [7, 11) is 0. The van der Waals surface area contributed by atoms with Gasteiger partial charge in [0.1, 0.15) is 17.4 Å². The van der Waals surface area contributed by atoms with Crippen LogP contribution >= 0.6 is 0 Å². The van der Waals surface area contributed by atoms with Crippen LogP contribution in [0.3, 0.4) is 0 Å². The molecule has 1 aromatic carbocycles. The molecule has 164 valence electrons. The summed E-state index contributed by atoms with van der Waals surface area (Å²) in [4.78, 5) is 46.2. The van der Waals surface area contributed by atoms with Crippen LogP contribution in [0.5, 0.6) is 11.6 Å². The second-order valence-corrected chi connectivity index (χ2v) is 7.63. The van der Waals surface area contributed by atoms with Gasteiger partial charge in [-0.05, 0) is 37.1 Å². The van der Waals surface area contributed by atoms with Crippen LogP contribution < -0.4 is 10.1 Å². The Hall–Kier alpha value is -3.94. The van der Waals surface area contributed by atoms with Crippen molar-refractivity contribution >= 4 is 17.7 Å². The highest BCUT2D eigenvalue weighted by Crippen LogP contribution is 2.41. The minimum atomic E-state index is -2.86. The zero-order valence-corrected chi connectivity index (χ0v) is 16.7. The summed E-state index contributed by atoms with van der Waals surface area (Å²) >= 11 is 0. The molecule has 3 amide bonds. The van der Waals surface area contributed by atoms with Gasteiger partial charge in [0.25, 0.3) is 11.8 Å². The van der Waals surface area contributed by atoms with E-state index in [2.05, 4.69) is 15.3 Å². The summed E-state index contributed by atoms with van der Waals surface area (Å²) in [5.41, 5.74) is -1.15. The number of aromatic nitrogens is 2. The molecule has 2 heterocycles. The molecular weight excluding hydrogens is 424 g/mol. The minimum Gasteiger partial charge on any atom is -0.437 e. The first-order chi connectivity index (χ1) is 15.2. The summed E-state index contributed by atoms with van der Waals surface area (Å²) in [6.45, 7) is -0.508. The van der Waals surface area contributed by atoms with Gasteiger partial charge in [-0.2, -0.15) is 5.26 Å². The first-order valence-electron chi connectivity index (χ1n) is 9.77. The number of ketones is 1. The van der Waals surface area contributed by atoms with E-state index in [1.165, 1.54) is 36.7 Å². The fraction of sp³-hybridized carbons (Fsp3) is 0.333. The highest BCUT2D eigenvalue weighted by atomic mass is 19.3. The smallest absolute Gasteiger partial charge is 0.325 e. The lowest BCUT2D eigenvalue weighted by molar-refractivity contribution is -0.135. The van der Waals surface area contributed by atoms with E-state index < -0.39 is 48.6 Å². The molecule has 9 nitrogen and oxygen atoms in total. The number of imide groups is 1. The number of hydrogen-bond donors (Lipinski definition) is 1. The van der Waals surface area contributed by atoms with E-state index in [0.717, 1.165) is 4.90 Å². The minimum absolute atomic E-state index is 0.000570. The van der Waals surface area contributed by atoms with Gasteiger partial charge < -0.3 is 10.1 Å². The number of halogens is 2. The van der Waals surface area contributed by atoms with E-state index in [4.69, 9.17) is 10.00 Å². The molecule has 0 radical (unpaired) electrons. The third-order valence-electron chi connectivity index (χ3n) is 5.54. The zero-order valence-electron chi connectivity index (χ0n) is 16.7. The molecule has 0 unspecified atom stereocenters. The monoisotopic (exact) mass is 441 g/mol. The molecule has 0 bridgehead atoms. The van der Waals surface area contributed by atoms with Crippen molar-refractivity contribution < 1.29 is 27.9 Å². The van der Waals surface area contributed by atoms with Crippen LogP contribution in [-0.4, -0.2) is 50.6 Å². The first kappa shape index (κ1) is 21.3. The summed E-state index contributed by atoms with van der Waals surface area (Å²) in [5, 5.41) is 11.5. The van der Waals surface area contributed by atoms with Gasteiger partial charge in [0, 0.05) is 30.8 Å². The van der Waals surface area contributed by atoms with Crippen molar-refractivity contribution in [2.24, 2.45) is 0 Å². The van der Waals surface area contributed by atoms with Crippen molar-refractivity contribution in [3.05, 3.63) is 47.9 Å². The zero-order chi connectivity index (χ0) is 22.9. The van der Waals surface area contributed by atoms with Gasteiger partial charge in [-0.25, -0.2) is 23.5 Å². The van der Waals surface area contributed by atoms with Crippen LogP contribution in [0.25, 0.3) is 0 Å². The third-order valence-corrected chi connectivity index (χ3v) is 5.54. The van der Waals surface area contributed by atoms with Gasteiger partial charge in [-0.15, -0.1) is 0 Å². The van der Waals surface area contributed by atoms with Crippen LogP contribution in [0.1, 0.15) is 41.7 Å². The molecule has 32 heavy (non-hydrogen) atoms. The lowest BCUT2D eigenvalue weighted by Gasteiger charge is -2.34. The van der Waals surface area contributed by atoms with Crippen molar-refractivity contribution in [3.63, 3.8) is 0 Å². The van der Waals surface area contributed by atoms with Crippen LogP contribution in [0.2, 0.25) is 0 Å². The Balaban J connectivity index is 1.42. The summed E-state index contributed by atoms with van der Waals surface area (Å²) < 4.78 is 32.5. The second kappa shape index (κ2) is 7.96. The molecule has 11 heteroatoms. The van der Waals surface area contributed by atoms with E-state index in [9.17, 15) is 23.2 Å². The number of nitrogens with zero attached hydrogens (tertiary/aromatic N) is 4. The average molecular weight is 441 g/mol. The Bertz CT molecular complexity index is 1120. The van der Waals surface area contributed by atoms with Crippen LogP contribution in [0.4, 0.5) is 13.6 Å². The number of rotatable bonds is 5. The number of ether oxygens (including phenoxy) is 1. The maximum absolute atomic E-state index is 13.5. The predicted molar refractivity (Wildman–Crippen MR) is 104 cm³/mol. The van der Waals surface area contributed by atoms with Crippen molar-refractivity contribution in [1.82, 2.24) is 20.2 Å². The van der Waals surface area contributed by atoms with Crippen molar-refractivity contribution in [2.45, 2.75) is 37.1 Å². The number of hydrogen-bond acceptors (Lipinski definition) is 7. The fourth-order valence-corrected chi connectivity index (χ4v) is 3.73.